The van der Waals surface area contributed by atoms with Gasteiger partial charge in [-0.1, -0.05) is 60.7 Å². The number of hydrogen-bond acceptors (Lipinski definition) is 5. The van der Waals surface area contributed by atoms with E-state index in [0.717, 1.165) is 15.6 Å². The van der Waals surface area contributed by atoms with Gasteiger partial charge in [0.15, 0.2) is 0 Å². The lowest BCUT2D eigenvalue weighted by molar-refractivity contribution is -0.117. The summed E-state index contributed by atoms with van der Waals surface area (Å²) in [6.45, 7) is 0. The third kappa shape index (κ3) is 5.02. The Morgan fingerprint density at radius 1 is 1.00 bits per heavy atom. The van der Waals surface area contributed by atoms with E-state index in [4.69, 9.17) is 0 Å². The first kappa shape index (κ1) is 19.3. The molecule has 0 aliphatic rings. The maximum absolute atomic E-state index is 12.7. The average molecular weight is 434 g/mol. The van der Waals surface area contributed by atoms with Crippen molar-refractivity contribution in [3.63, 3.8) is 0 Å². The lowest BCUT2D eigenvalue weighted by Gasteiger charge is -2.19. The second-order valence-electron chi connectivity index (χ2n) is 5.77. The smallest absolute Gasteiger partial charge is 0.264 e. The van der Waals surface area contributed by atoms with Crippen molar-refractivity contribution in [3.05, 3.63) is 100 Å². The minimum Gasteiger partial charge on any atom is -0.340 e. The number of halogens is 1. The number of aromatic nitrogens is 2. The summed E-state index contributed by atoms with van der Waals surface area (Å²) < 4.78 is 0.730. The highest BCUT2D eigenvalue weighted by Gasteiger charge is 2.19. The molecule has 1 amide bonds. The quantitative estimate of drug-likeness (QED) is 0.453. The number of nitrogens with one attached hydrogen (secondary N) is 2. The summed E-state index contributed by atoms with van der Waals surface area (Å²) in [5.74, 6) is -0.212. The van der Waals surface area contributed by atoms with Crippen molar-refractivity contribution in [2.24, 2.45) is 0 Å². The second kappa shape index (κ2) is 9.44. The van der Waals surface area contributed by atoms with Crippen LogP contribution in [0.15, 0.2) is 89.3 Å². The molecule has 6 nitrogen and oxygen atoms in total. The van der Waals surface area contributed by atoms with Gasteiger partial charge >= 0.3 is 0 Å². The van der Waals surface area contributed by atoms with E-state index >= 15 is 0 Å². The number of amides is 1. The molecule has 0 radical (unpaired) electrons. The fraction of sp³-hybridized carbons (Fsp3) is 0.0476. The number of hydrogen-bond donors (Lipinski definition) is 2. The summed E-state index contributed by atoms with van der Waals surface area (Å²) >= 11 is 3.25. The maximum atomic E-state index is 12.7. The zero-order valence-corrected chi connectivity index (χ0v) is 16.3. The van der Waals surface area contributed by atoms with Crippen molar-refractivity contribution in [1.29, 1.82) is 5.26 Å². The molecule has 0 spiro atoms. The molecule has 1 heterocycles. The van der Waals surface area contributed by atoms with Crippen LogP contribution in [0.4, 0.5) is 5.95 Å². The van der Waals surface area contributed by atoms with Crippen LogP contribution >= 0.6 is 15.9 Å². The normalized spacial score (nSPS) is 11.0. The highest BCUT2D eigenvalue weighted by atomic mass is 79.9. The molecule has 3 rings (SSSR count). The molecule has 0 unspecified atom stereocenters. The molecule has 0 fully saturated rings. The number of carbonyl (C=O) groups is 1. The van der Waals surface area contributed by atoms with Crippen LogP contribution in [0.25, 0.3) is 0 Å². The van der Waals surface area contributed by atoms with Crippen LogP contribution in [0.2, 0.25) is 0 Å². The third-order valence-electron chi connectivity index (χ3n) is 3.87. The van der Waals surface area contributed by atoms with E-state index in [1.54, 1.807) is 12.4 Å². The van der Waals surface area contributed by atoms with Gasteiger partial charge in [-0.2, -0.15) is 5.26 Å². The minimum absolute atomic E-state index is 0.0802. The summed E-state index contributed by atoms with van der Waals surface area (Å²) in [7, 11) is 0. The summed E-state index contributed by atoms with van der Waals surface area (Å²) in [6.07, 6.45) is 4.43. The SMILES string of the molecule is N#C/C(=C/Nc1ncc(Br)cn1)C(=O)NC(c1ccccc1)c1ccccc1. The van der Waals surface area contributed by atoms with Gasteiger partial charge in [-0.05, 0) is 27.1 Å². The predicted octanol–water partition coefficient (Wildman–Crippen LogP) is 3.96. The van der Waals surface area contributed by atoms with E-state index in [1.807, 2.05) is 66.7 Å². The molecule has 0 atom stereocenters. The van der Waals surface area contributed by atoms with Crippen molar-refractivity contribution in [2.75, 3.05) is 5.32 Å². The first-order chi connectivity index (χ1) is 13.7. The molecule has 0 aliphatic heterocycles. The fourth-order valence-corrected chi connectivity index (χ4v) is 2.74. The monoisotopic (exact) mass is 433 g/mol. The maximum Gasteiger partial charge on any atom is 0.264 e. The molecule has 0 bridgehead atoms. The molecular formula is C21H16BrN5O. The van der Waals surface area contributed by atoms with E-state index < -0.39 is 5.91 Å². The predicted molar refractivity (Wildman–Crippen MR) is 110 cm³/mol. The van der Waals surface area contributed by atoms with Gasteiger partial charge in [0.05, 0.1) is 10.5 Å². The van der Waals surface area contributed by atoms with Gasteiger partial charge in [0, 0.05) is 18.6 Å². The van der Waals surface area contributed by atoms with Crippen LogP contribution in [-0.2, 0) is 4.79 Å². The fourth-order valence-electron chi connectivity index (χ4n) is 2.53. The number of nitriles is 1. The first-order valence-corrected chi connectivity index (χ1v) is 9.22. The Morgan fingerprint density at radius 3 is 2.04 bits per heavy atom. The Labute approximate surface area is 171 Å². The Kier molecular flexibility index (Phi) is 6.50. The molecule has 2 aromatic carbocycles. The topological polar surface area (TPSA) is 90.7 Å². The van der Waals surface area contributed by atoms with Crippen molar-refractivity contribution < 1.29 is 4.79 Å². The van der Waals surface area contributed by atoms with Crippen LogP contribution in [0.1, 0.15) is 17.2 Å². The summed E-state index contributed by atoms with van der Waals surface area (Å²) in [4.78, 5) is 20.8. The molecule has 2 N–H and O–H groups in total. The van der Waals surface area contributed by atoms with E-state index in [2.05, 4.69) is 36.5 Å². The largest absolute Gasteiger partial charge is 0.340 e. The van der Waals surface area contributed by atoms with Gasteiger partial charge < -0.3 is 10.6 Å². The molecule has 0 aliphatic carbocycles. The van der Waals surface area contributed by atoms with Crippen LogP contribution in [0.5, 0.6) is 0 Å². The Hall–Kier alpha value is -3.50. The minimum atomic E-state index is -0.496. The van der Waals surface area contributed by atoms with E-state index in [-0.39, 0.29) is 17.6 Å². The molecule has 7 heteroatoms. The molecule has 138 valence electrons. The number of nitrogens with zero attached hydrogens (tertiary/aromatic N) is 3. The van der Waals surface area contributed by atoms with Crippen LogP contribution < -0.4 is 10.6 Å². The van der Waals surface area contributed by atoms with E-state index in [0.29, 0.717) is 0 Å². The summed E-state index contributed by atoms with van der Waals surface area (Å²) in [5.41, 5.74) is 1.76. The number of carbonyl (C=O) groups excluding carboxylic acids is 1. The van der Waals surface area contributed by atoms with Gasteiger partial charge in [0.2, 0.25) is 5.95 Å². The van der Waals surface area contributed by atoms with Gasteiger partial charge in [-0.15, -0.1) is 0 Å². The second-order valence-corrected chi connectivity index (χ2v) is 6.68. The van der Waals surface area contributed by atoms with Crippen LogP contribution in [0, 0.1) is 11.3 Å². The lowest BCUT2D eigenvalue weighted by Crippen LogP contribution is -2.30. The Morgan fingerprint density at radius 2 is 1.54 bits per heavy atom. The van der Waals surface area contributed by atoms with E-state index in [9.17, 15) is 10.1 Å². The van der Waals surface area contributed by atoms with E-state index in [1.165, 1.54) is 6.20 Å². The zero-order valence-electron chi connectivity index (χ0n) is 14.7. The van der Waals surface area contributed by atoms with Crippen molar-refractivity contribution in [2.45, 2.75) is 6.04 Å². The first-order valence-electron chi connectivity index (χ1n) is 8.42. The van der Waals surface area contributed by atoms with Gasteiger partial charge in [-0.3, -0.25) is 4.79 Å². The molecule has 0 saturated heterocycles. The molecule has 3 aromatic rings. The lowest BCUT2D eigenvalue weighted by atomic mass is 9.98. The average Bonchev–Trinajstić information content (AvgIpc) is 2.75. The van der Waals surface area contributed by atoms with Crippen molar-refractivity contribution in [1.82, 2.24) is 15.3 Å². The van der Waals surface area contributed by atoms with Gasteiger partial charge in [0.1, 0.15) is 11.6 Å². The van der Waals surface area contributed by atoms with Gasteiger partial charge in [0.25, 0.3) is 5.91 Å². The van der Waals surface area contributed by atoms with Crippen LogP contribution in [-0.4, -0.2) is 15.9 Å². The Balaban J connectivity index is 1.81. The van der Waals surface area contributed by atoms with Crippen LogP contribution in [0.3, 0.4) is 0 Å². The number of anilines is 1. The molecular weight excluding hydrogens is 418 g/mol. The standard InChI is InChI=1S/C21H16BrN5O/c22-18-13-25-21(26-14-18)24-12-17(11-23)20(28)27-19(15-7-3-1-4-8-15)16-9-5-2-6-10-16/h1-10,12-14,19H,(H,27,28)(H,24,25,26)/b17-12-. The molecule has 1 aromatic heterocycles. The number of rotatable bonds is 6. The highest BCUT2D eigenvalue weighted by molar-refractivity contribution is 9.10. The van der Waals surface area contributed by atoms with Crippen molar-refractivity contribution in [3.8, 4) is 6.07 Å². The van der Waals surface area contributed by atoms with Crippen molar-refractivity contribution >= 4 is 27.8 Å². The highest BCUT2D eigenvalue weighted by Crippen LogP contribution is 2.22. The Bertz CT molecular complexity index is 959. The summed E-state index contributed by atoms with van der Waals surface area (Å²) in [6, 6.07) is 20.7. The zero-order chi connectivity index (χ0) is 19.8. The third-order valence-corrected chi connectivity index (χ3v) is 4.28. The number of benzene rings is 2. The van der Waals surface area contributed by atoms with Gasteiger partial charge in [-0.25, -0.2) is 9.97 Å². The molecule has 28 heavy (non-hydrogen) atoms. The molecule has 0 saturated carbocycles. The summed E-state index contributed by atoms with van der Waals surface area (Å²) in [5, 5.41) is 15.1.